The van der Waals surface area contributed by atoms with Gasteiger partial charge in [0.15, 0.2) is 21.4 Å². The van der Waals surface area contributed by atoms with E-state index in [4.69, 9.17) is 4.74 Å². The zero-order valence-corrected chi connectivity index (χ0v) is 18.6. The molecule has 0 spiro atoms. The summed E-state index contributed by atoms with van der Waals surface area (Å²) < 4.78 is 44.5. The quantitative estimate of drug-likeness (QED) is 0.382. The van der Waals surface area contributed by atoms with Crippen molar-refractivity contribution in [1.82, 2.24) is 10.6 Å². The third kappa shape index (κ3) is 6.88. The SMILES string of the molecule is C[C@@H](CS(=O)(=O)CC/C=C/CC1C(=O)NC(=O)NC1=O)c1ccc(F)c(OCC2CC2)c1. The van der Waals surface area contributed by atoms with Gasteiger partial charge in [0.25, 0.3) is 0 Å². The molecule has 1 saturated carbocycles. The highest BCUT2D eigenvalue weighted by molar-refractivity contribution is 7.91. The van der Waals surface area contributed by atoms with Crippen molar-refractivity contribution in [1.29, 1.82) is 0 Å². The molecule has 3 rings (SSSR count). The number of imide groups is 2. The van der Waals surface area contributed by atoms with Gasteiger partial charge in [0.05, 0.1) is 18.1 Å². The van der Waals surface area contributed by atoms with Crippen molar-refractivity contribution in [2.45, 2.75) is 38.5 Å². The Labute approximate surface area is 186 Å². The minimum atomic E-state index is -3.39. The average Bonchev–Trinajstić information content (AvgIpc) is 3.52. The minimum absolute atomic E-state index is 0.0701. The monoisotopic (exact) mass is 466 g/mol. The number of hydrogen-bond donors (Lipinski definition) is 2. The van der Waals surface area contributed by atoms with Gasteiger partial charge in [0, 0.05) is 0 Å². The number of barbiturate groups is 1. The predicted molar refractivity (Wildman–Crippen MR) is 115 cm³/mol. The van der Waals surface area contributed by atoms with Crippen molar-refractivity contribution >= 4 is 27.7 Å². The van der Waals surface area contributed by atoms with E-state index >= 15 is 0 Å². The van der Waals surface area contributed by atoms with Gasteiger partial charge in [-0.25, -0.2) is 17.6 Å². The largest absolute Gasteiger partial charge is 0.490 e. The Hall–Kier alpha value is -2.75. The Bertz CT molecular complexity index is 999. The number of nitrogens with one attached hydrogen (secondary N) is 2. The fourth-order valence-corrected chi connectivity index (χ4v) is 4.97. The number of benzene rings is 1. The van der Waals surface area contributed by atoms with Gasteiger partial charge < -0.3 is 4.74 Å². The van der Waals surface area contributed by atoms with Crippen molar-refractivity contribution in [3.05, 3.63) is 41.7 Å². The Morgan fingerprint density at radius 3 is 2.50 bits per heavy atom. The number of allylic oxidation sites excluding steroid dienone is 2. The molecule has 0 radical (unpaired) electrons. The number of sulfone groups is 1. The third-order valence-corrected chi connectivity index (χ3v) is 7.31. The third-order valence-electron chi connectivity index (χ3n) is 5.44. The van der Waals surface area contributed by atoms with Gasteiger partial charge in [0.2, 0.25) is 11.8 Å². The highest BCUT2D eigenvalue weighted by Gasteiger charge is 2.32. The minimum Gasteiger partial charge on any atom is -0.490 e. The van der Waals surface area contributed by atoms with Crippen LogP contribution in [0.1, 0.15) is 44.1 Å². The number of carbonyl (C=O) groups is 3. The van der Waals surface area contributed by atoms with Gasteiger partial charge in [-0.3, -0.25) is 20.2 Å². The number of carbonyl (C=O) groups excluding carboxylic acids is 3. The fourth-order valence-electron chi connectivity index (χ4n) is 3.35. The summed E-state index contributed by atoms with van der Waals surface area (Å²) in [6, 6.07) is 3.60. The molecular weight excluding hydrogens is 439 g/mol. The molecule has 2 fully saturated rings. The predicted octanol–water partition coefficient (Wildman–Crippen LogP) is 2.45. The molecule has 1 saturated heterocycles. The lowest BCUT2D eigenvalue weighted by molar-refractivity contribution is -0.135. The topological polar surface area (TPSA) is 119 Å². The zero-order valence-electron chi connectivity index (χ0n) is 17.8. The summed E-state index contributed by atoms with van der Waals surface area (Å²) in [6.45, 7) is 2.24. The number of ether oxygens (including phenoxy) is 1. The Balaban J connectivity index is 1.47. The maximum atomic E-state index is 14.0. The van der Waals surface area contributed by atoms with Gasteiger partial charge in [-0.15, -0.1) is 0 Å². The van der Waals surface area contributed by atoms with Crippen molar-refractivity contribution in [2.75, 3.05) is 18.1 Å². The fraction of sp³-hybridized carbons (Fsp3) is 0.500. The molecule has 1 aliphatic heterocycles. The second kappa shape index (κ2) is 10.2. The van der Waals surface area contributed by atoms with Crippen LogP contribution in [0.15, 0.2) is 30.4 Å². The Kier molecular flexibility index (Phi) is 7.65. The number of rotatable bonds is 11. The van der Waals surface area contributed by atoms with Crippen molar-refractivity contribution in [3.8, 4) is 5.75 Å². The Morgan fingerprint density at radius 1 is 1.16 bits per heavy atom. The van der Waals surface area contributed by atoms with Crippen LogP contribution in [0.4, 0.5) is 9.18 Å². The molecule has 4 amide bonds. The summed E-state index contributed by atoms with van der Waals surface area (Å²) >= 11 is 0. The van der Waals surface area contributed by atoms with Gasteiger partial charge >= 0.3 is 6.03 Å². The van der Waals surface area contributed by atoms with Gasteiger partial charge in [-0.05, 0) is 55.2 Å². The van der Waals surface area contributed by atoms with Crippen molar-refractivity contribution in [2.24, 2.45) is 11.8 Å². The molecule has 0 unspecified atom stereocenters. The van der Waals surface area contributed by atoms with Gasteiger partial charge in [-0.2, -0.15) is 0 Å². The molecule has 174 valence electrons. The molecule has 8 nitrogen and oxygen atoms in total. The summed E-state index contributed by atoms with van der Waals surface area (Å²) in [5.41, 5.74) is 0.695. The van der Waals surface area contributed by atoms with E-state index in [0.29, 0.717) is 18.1 Å². The first-order valence-corrected chi connectivity index (χ1v) is 12.4. The molecule has 10 heteroatoms. The summed E-state index contributed by atoms with van der Waals surface area (Å²) in [4.78, 5) is 34.4. The lowest BCUT2D eigenvalue weighted by Gasteiger charge is -2.19. The number of amides is 4. The molecule has 1 aliphatic carbocycles. The van der Waals surface area contributed by atoms with E-state index in [-0.39, 0.29) is 36.0 Å². The molecule has 1 aromatic rings. The van der Waals surface area contributed by atoms with Crippen LogP contribution in [-0.2, 0) is 19.4 Å². The molecule has 0 bridgehead atoms. The van der Waals surface area contributed by atoms with Crippen LogP contribution in [-0.4, -0.2) is 44.4 Å². The summed E-state index contributed by atoms with van der Waals surface area (Å²) in [7, 11) is -3.39. The van der Waals surface area contributed by atoms with E-state index in [1.165, 1.54) is 6.07 Å². The maximum Gasteiger partial charge on any atom is 0.328 e. The maximum absolute atomic E-state index is 14.0. The normalized spacial score (nSPS) is 18.5. The van der Waals surface area contributed by atoms with Crippen LogP contribution < -0.4 is 15.4 Å². The van der Waals surface area contributed by atoms with Crippen molar-refractivity contribution < 1.29 is 31.9 Å². The molecule has 1 heterocycles. The average molecular weight is 467 g/mol. The van der Waals surface area contributed by atoms with E-state index < -0.39 is 39.4 Å². The summed E-state index contributed by atoms with van der Waals surface area (Å²) in [5.74, 6) is -2.72. The summed E-state index contributed by atoms with van der Waals surface area (Å²) in [6.07, 6.45) is 5.63. The lowest BCUT2D eigenvalue weighted by Crippen LogP contribution is -2.55. The van der Waals surface area contributed by atoms with Crippen LogP contribution in [0.3, 0.4) is 0 Å². The van der Waals surface area contributed by atoms with Gasteiger partial charge in [0.1, 0.15) is 5.92 Å². The Morgan fingerprint density at radius 2 is 1.84 bits per heavy atom. The number of urea groups is 1. The van der Waals surface area contributed by atoms with Crippen LogP contribution >= 0.6 is 0 Å². The van der Waals surface area contributed by atoms with Crippen LogP contribution in [0.25, 0.3) is 0 Å². The van der Waals surface area contributed by atoms with E-state index in [2.05, 4.69) is 0 Å². The summed E-state index contributed by atoms with van der Waals surface area (Å²) in [5, 5.41) is 4.03. The lowest BCUT2D eigenvalue weighted by atomic mass is 10.0. The highest BCUT2D eigenvalue weighted by Crippen LogP contribution is 2.31. The second-order valence-electron chi connectivity index (χ2n) is 8.32. The van der Waals surface area contributed by atoms with Crippen molar-refractivity contribution in [3.63, 3.8) is 0 Å². The zero-order chi connectivity index (χ0) is 23.3. The van der Waals surface area contributed by atoms with Crippen LogP contribution in [0, 0.1) is 17.7 Å². The molecule has 1 atom stereocenters. The molecule has 2 aliphatic rings. The smallest absolute Gasteiger partial charge is 0.328 e. The first-order valence-electron chi connectivity index (χ1n) is 10.6. The first-order chi connectivity index (χ1) is 15.1. The van der Waals surface area contributed by atoms with Gasteiger partial charge in [-0.1, -0.05) is 25.1 Å². The molecule has 32 heavy (non-hydrogen) atoms. The van der Waals surface area contributed by atoms with Crippen LogP contribution in [0.2, 0.25) is 0 Å². The van der Waals surface area contributed by atoms with E-state index in [1.54, 1.807) is 31.2 Å². The molecular formula is C22H27FN2O6S. The number of halogens is 1. The van der Waals surface area contributed by atoms with E-state index in [1.807, 2.05) is 10.6 Å². The number of hydrogen-bond acceptors (Lipinski definition) is 6. The van der Waals surface area contributed by atoms with E-state index in [0.717, 1.165) is 12.8 Å². The molecule has 1 aromatic carbocycles. The van der Waals surface area contributed by atoms with E-state index in [9.17, 15) is 27.2 Å². The standard InChI is InChI=1S/C22H27FN2O6S/c1-14(16-8-9-18(23)19(11-16)31-12-15-6-7-15)13-32(29,30)10-4-2-3-5-17-20(26)24-22(28)25-21(17)27/h2-3,8-9,11,14-15,17H,4-7,10,12-13H2,1H3,(H2,24,25,26,27,28)/b3-2+/t14-/m0/s1. The van der Waals surface area contributed by atoms with Crippen LogP contribution in [0.5, 0.6) is 5.75 Å². The second-order valence-corrected chi connectivity index (χ2v) is 10.5. The first kappa shape index (κ1) is 23.9. The molecule has 2 N–H and O–H groups in total. The molecule has 0 aromatic heterocycles. The highest BCUT2D eigenvalue weighted by atomic mass is 32.2.